The first-order chi connectivity index (χ1) is 29.0. The third-order valence-electron chi connectivity index (χ3n) is 10.8. The van der Waals surface area contributed by atoms with Crippen LogP contribution in [0.1, 0.15) is 52.5 Å². The number of esters is 1. The highest BCUT2D eigenvalue weighted by Gasteiger charge is 2.47. The maximum atomic E-state index is 14.6. The molecule has 0 unspecified atom stereocenters. The molecule has 3 aliphatic rings. The fourth-order valence-electron chi connectivity index (χ4n) is 7.88. The number of rotatable bonds is 8. The fraction of sp³-hybridized carbons (Fsp3) is 0.525. The van der Waals surface area contributed by atoms with Gasteiger partial charge in [0.2, 0.25) is 29.5 Å². The molecule has 9 atom stereocenters. The second kappa shape index (κ2) is 19.3. The first-order valence-electron chi connectivity index (χ1n) is 19.8. The molecule has 0 aliphatic carbocycles. The highest BCUT2D eigenvalue weighted by atomic mass is 19.4. The average molecular weight is 882 g/mol. The van der Waals surface area contributed by atoms with Crippen LogP contribution in [-0.2, 0) is 39.9 Å². The summed E-state index contributed by atoms with van der Waals surface area (Å²) < 4.78 is 76.2. The predicted octanol–water partition coefficient (Wildman–Crippen LogP) is 1.97. The van der Waals surface area contributed by atoms with Gasteiger partial charge in [-0.05, 0) is 87.9 Å². The lowest BCUT2D eigenvalue weighted by Crippen LogP contribution is -2.63. The van der Waals surface area contributed by atoms with E-state index < -0.39 is 120 Å². The van der Waals surface area contributed by atoms with Crippen molar-refractivity contribution in [2.45, 2.75) is 108 Å². The average Bonchev–Trinajstić information content (AvgIpc) is 3.82. The second-order valence-electron chi connectivity index (χ2n) is 15.7. The Hall–Kier alpha value is -6.06. The van der Waals surface area contributed by atoms with E-state index in [1.54, 1.807) is 6.92 Å². The highest BCUT2D eigenvalue weighted by molar-refractivity contribution is 5.98. The SMILES string of the molecule is C[C@@H]1C[C@H]2C(=O)O[C@@H](C)[C@H](NC(=O)[C@H](Cc3cc(F)cc(F)c3)NC(=O)Nc3ccc(OC(F)(F)F)cc3)C(=O)N3CCC[C@H]3C(=O)N(C)[C@@H]([C@H](C)O)C(=O)N[C@@H](C)C(=O)N2C1. The van der Waals surface area contributed by atoms with Gasteiger partial charge in [0.25, 0.3) is 0 Å². The Labute approximate surface area is 352 Å². The number of aliphatic hydroxyl groups excluding tert-OH is 1. The van der Waals surface area contributed by atoms with E-state index >= 15 is 0 Å². The number of cyclic esters (lactones) is 1. The number of nitrogens with one attached hydrogen (secondary N) is 4. The Bertz CT molecular complexity index is 2020. The number of benzene rings is 2. The smallest absolute Gasteiger partial charge is 0.458 e. The summed E-state index contributed by atoms with van der Waals surface area (Å²) in [5.74, 6) is -8.21. The van der Waals surface area contributed by atoms with Crippen molar-refractivity contribution in [1.29, 1.82) is 0 Å². The zero-order valence-corrected chi connectivity index (χ0v) is 34.3. The number of fused-ring (bicyclic) bond motifs is 2. The van der Waals surface area contributed by atoms with E-state index in [0.717, 1.165) is 46.2 Å². The molecule has 7 amide bonds. The van der Waals surface area contributed by atoms with Crippen LogP contribution < -0.4 is 26.0 Å². The van der Waals surface area contributed by atoms with E-state index in [1.807, 2.05) is 0 Å². The molecule has 2 aromatic carbocycles. The maximum Gasteiger partial charge on any atom is 0.573 e. The number of carbonyl (C=O) groups excluding carboxylic acids is 7. The summed E-state index contributed by atoms with van der Waals surface area (Å²) in [4.78, 5) is 101. The van der Waals surface area contributed by atoms with Crippen molar-refractivity contribution < 1.29 is 70.1 Å². The molecule has 3 aliphatic heterocycles. The molecule has 0 radical (unpaired) electrons. The monoisotopic (exact) mass is 881 g/mol. The summed E-state index contributed by atoms with van der Waals surface area (Å²) in [5.41, 5.74) is -0.186. The quantitative estimate of drug-likeness (QED) is 0.192. The van der Waals surface area contributed by atoms with Crippen molar-refractivity contribution in [3.05, 3.63) is 59.7 Å². The molecule has 3 heterocycles. The highest BCUT2D eigenvalue weighted by Crippen LogP contribution is 2.28. The molecule has 338 valence electrons. The van der Waals surface area contributed by atoms with Crippen LogP contribution in [-0.4, -0.2) is 136 Å². The Balaban J connectivity index is 1.49. The standard InChI is InChI=1S/C40H48F5N7O10/c1-19-13-30-38(59)61-22(4)31(37(58)51-12-6-7-29(51)36(57)50(5)32(21(3)53)34(55)46-20(2)35(56)52(30)18-19)49-33(54)28(16-23-14-24(41)17-25(42)15-23)48-39(60)47-26-8-10-27(11-9-26)62-40(43,44)45/h8-11,14-15,17,19-22,28-32,53H,6-7,12-13,16,18H2,1-5H3,(H,46,55)(H,49,54)(H2,47,48,60)/t19-,20+,21+,22+,28+,29+,30+,31+,32+/m1/s1. The van der Waals surface area contributed by atoms with Crippen LogP contribution in [0.15, 0.2) is 42.5 Å². The first-order valence-corrected chi connectivity index (χ1v) is 19.8. The van der Waals surface area contributed by atoms with E-state index in [-0.39, 0.29) is 49.5 Å². The predicted molar refractivity (Wildman–Crippen MR) is 206 cm³/mol. The van der Waals surface area contributed by atoms with E-state index in [1.165, 1.54) is 32.7 Å². The summed E-state index contributed by atoms with van der Waals surface area (Å²) in [7, 11) is 1.25. The van der Waals surface area contributed by atoms with Gasteiger partial charge in [-0.2, -0.15) is 0 Å². The van der Waals surface area contributed by atoms with Crippen molar-refractivity contribution in [3.63, 3.8) is 0 Å². The Morgan fingerprint density at radius 3 is 2.21 bits per heavy atom. The summed E-state index contributed by atoms with van der Waals surface area (Å²) in [6, 6.07) is -3.54. The van der Waals surface area contributed by atoms with Gasteiger partial charge < -0.3 is 50.5 Å². The topological polar surface area (TPSA) is 216 Å². The molecule has 17 nitrogen and oxygen atoms in total. The fourth-order valence-corrected chi connectivity index (χ4v) is 7.88. The maximum absolute atomic E-state index is 14.6. The normalized spacial score (nSPS) is 26.2. The number of hydrogen-bond donors (Lipinski definition) is 5. The lowest BCUT2D eigenvalue weighted by molar-refractivity contribution is -0.274. The summed E-state index contributed by atoms with van der Waals surface area (Å²) in [6.45, 7) is 5.75. The summed E-state index contributed by atoms with van der Waals surface area (Å²) in [5, 5.41) is 20.4. The molecule has 3 saturated heterocycles. The van der Waals surface area contributed by atoms with E-state index in [9.17, 15) is 60.6 Å². The van der Waals surface area contributed by atoms with E-state index in [2.05, 4.69) is 26.0 Å². The zero-order chi connectivity index (χ0) is 45.8. The minimum atomic E-state index is -4.99. The van der Waals surface area contributed by atoms with Crippen LogP contribution >= 0.6 is 0 Å². The largest absolute Gasteiger partial charge is 0.573 e. The van der Waals surface area contributed by atoms with Gasteiger partial charge in [-0.1, -0.05) is 6.92 Å². The van der Waals surface area contributed by atoms with E-state index in [4.69, 9.17) is 4.74 Å². The molecule has 22 heteroatoms. The zero-order valence-electron chi connectivity index (χ0n) is 34.3. The number of likely N-dealkylation sites (N-methyl/N-ethyl adjacent to an activating group) is 1. The Morgan fingerprint density at radius 2 is 1.60 bits per heavy atom. The van der Waals surface area contributed by atoms with Crippen molar-refractivity contribution in [3.8, 4) is 5.75 Å². The molecule has 0 bridgehead atoms. The number of alkyl halides is 3. The number of carbonyl (C=O) groups is 7. The van der Waals surface area contributed by atoms with Gasteiger partial charge in [0.05, 0.1) is 6.10 Å². The first kappa shape index (κ1) is 47.0. The van der Waals surface area contributed by atoms with Crippen LogP contribution in [0.2, 0.25) is 0 Å². The van der Waals surface area contributed by atoms with Crippen LogP contribution in [0.5, 0.6) is 5.75 Å². The second-order valence-corrected chi connectivity index (χ2v) is 15.7. The van der Waals surface area contributed by atoms with Crippen molar-refractivity contribution >= 4 is 47.2 Å². The molecule has 3 fully saturated rings. The van der Waals surface area contributed by atoms with Crippen molar-refractivity contribution in [2.75, 3.05) is 25.5 Å². The van der Waals surface area contributed by atoms with Crippen molar-refractivity contribution in [1.82, 2.24) is 30.7 Å². The number of aliphatic hydroxyl groups is 1. The van der Waals surface area contributed by atoms with Gasteiger partial charge in [-0.15, -0.1) is 13.2 Å². The molecule has 5 N–H and O–H groups in total. The Morgan fingerprint density at radius 1 is 0.952 bits per heavy atom. The Kier molecular flexibility index (Phi) is 14.7. The number of anilines is 1. The third kappa shape index (κ3) is 11.4. The lowest BCUT2D eigenvalue weighted by atomic mass is 10.0. The van der Waals surface area contributed by atoms with Crippen LogP contribution in [0.4, 0.5) is 32.4 Å². The van der Waals surface area contributed by atoms with Gasteiger partial charge in [0.1, 0.15) is 59.7 Å². The number of hydrogen-bond acceptors (Lipinski definition) is 10. The van der Waals surface area contributed by atoms with Gasteiger partial charge >= 0.3 is 18.4 Å². The number of amides is 7. The van der Waals surface area contributed by atoms with Crippen LogP contribution in [0, 0.1) is 17.6 Å². The molecule has 0 saturated carbocycles. The lowest BCUT2D eigenvalue weighted by Gasteiger charge is -2.37. The van der Waals surface area contributed by atoms with Crippen LogP contribution in [0.25, 0.3) is 0 Å². The summed E-state index contributed by atoms with van der Waals surface area (Å²) >= 11 is 0. The minimum absolute atomic E-state index is 0.0411. The molecular weight excluding hydrogens is 833 g/mol. The number of ether oxygens (including phenoxy) is 2. The molecule has 0 spiro atoms. The van der Waals surface area contributed by atoms with Gasteiger partial charge in [0, 0.05) is 38.3 Å². The van der Waals surface area contributed by atoms with Crippen molar-refractivity contribution in [2.24, 2.45) is 5.92 Å². The third-order valence-corrected chi connectivity index (χ3v) is 10.8. The number of urea groups is 1. The molecular formula is C40H48F5N7O10. The molecule has 0 aromatic heterocycles. The minimum Gasteiger partial charge on any atom is -0.458 e. The molecule has 62 heavy (non-hydrogen) atoms. The molecule has 2 aromatic rings. The number of nitrogens with zero attached hydrogens (tertiary/aromatic N) is 3. The van der Waals surface area contributed by atoms with Gasteiger partial charge in [-0.3, -0.25) is 24.0 Å². The van der Waals surface area contributed by atoms with Crippen LogP contribution in [0.3, 0.4) is 0 Å². The van der Waals surface area contributed by atoms with E-state index in [0.29, 0.717) is 6.07 Å². The number of halogens is 5. The summed E-state index contributed by atoms with van der Waals surface area (Å²) in [6.07, 6.45) is -8.05. The van der Waals surface area contributed by atoms with Gasteiger partial charge in [-0.25, -0.2) is 18.4 Å². The van der Waals surface area contributed by atoms with Gasteiger partial charge in [0.15, 0.2) is 0 Å². The molecule has 5 rings (SSSR count).